The highest BCUT2D eigenvalue weighted by molar-refractivity contribution is 9.10. The maximum atomic E-state index is 5.81. The van der Waals surface area contributed by atoms with Gasteiger partial charge >= 0.3 is 0 Å². The molecule has 64 valence electrons. The van der Waals surface area contributed by atoms with Crippen LogP contribution in [0, 0.1) is 6.92 Å². The number of hydrogen-bond donors (Lipinski definition) is 1. The molecular formula is C10H12BrN. The van der Waals surface area contributed by atoms with Crippen LogP contribution in [0.3, 0.4) is 0 Å². The van der Waals surface area contributed by atoms with Gasteiger partial charge in [-0.05, 0) is 30.2 Å². The number of halogens is 1. The number of aryl methyl sites for hydroxylation is 1. The van der Waals surface area contributed by atoms with Gasteiger partial charge in [-0.1, -0.05) is 28.1 Å². The molecule has 0 fully saturated rings. The highest BCUT2D eigenvalue weighted by Gasteiger charge is 2.04. The van der Waals surface area contributed by atoms with Gasteiger partial charge in [-0.25, -0.2) is 0 Å². The maximum absolute atomic E-state index is 5.81. The van der Waals surface area contributed by atoms with E-state index in [0.717, 1.165) is 10.0 Å². The summed E-state index contributed by atoms with van der Waals surface area (Å²) < 4.78 is 1.08. The van der Waals surface area contributed by atoms with Crippen LogP contribution in [0.25, 0.3) is 0 Å². The molecule has 0 bridgehead atoms. The summed E-state index contributed by atoms with van der Waals surface area (Å²) >= 11 is 3.40. The zero-order valence-electron chi connectivity index (χ0n) is 7.05. The first-order valence-electron chi connectivity index (χ1n) is 3.79. The highest BCUT2D eigenvalue weighted by Crippen LogP contribution is 2.20. The van der Waals surface area contributed by atoms with E-state index in [2.05, 4.69) is 28.6 Å². The first-order valence-corrected chi connectivity index (χ1v) is 4.58. The molecule has 0 aliphatic heterocycles. The van der Waals surface area contributed by atoms with Crippen molar-refractivity contribution in [3.8, 4) is 0 Å². The third kappa shape index (κ3) is 1.96. The van der Waals surface area contributed by atoms with Crippen LogP contribution in [0.15, 0.2) is 35.3 Å². The fraction of sp³-hybridized carbons (Fsp3) is 0.200. The van der Waals surface area contributed by atoms with Crippen LogP contribution in [0.4, 0.5) is 0 Å². The quantitative estimate of drug-likeness (QED) is 0.771. The largest absolute Gasteiger partial charge is 0.321 e. The minimum atomic E-state index is -0.0573. The van der Waals surface area contributed by atoms with Crippen LogP contribution in [0.1, 0.15) is 17.2 Å². The molecule has 0 heterocycles. The van der Waals surface area contributed by atoms with E-state index in [-0.39, 0.29) is 6.04 Å². The Labute approximate surface area is 81.4 Å². The van der Waals surface area contributed by atoms with E-state index in [0.29, 0.717) is 0 Å². The zero-order valence-corrected chi connectivity index (χ0v) is 8.64. The van der Waals surface area contributed by atoms with Gasteiger partial charge in [-0.2, -0.15) is 0 Å². The van der Waals surface area contributed by atoms with E-state index < -0.39 is 0 Å². The summed E-state index contributed by atoms with van der Waals surface area (Å²) in [6.45, 7) is 5.71. The van der Waals surface area contributed by atoms with Crippen LogP contribution in [0.2, 0.25) is 0 Å². The van der Waals surface area contributed by atoms with Crippen molar-refractivity contribution in [3.05, 3.63) is 46.5 Å². The molecule has 1 rings (SSSR count). The number of rotatable bonds is 2. The van der Waals surface area contributed by atoms with Crippen molar-refractivity contribution >= 4 is 15.9 Å². The second kappa shape index (κ2) is 3.87. The molecule has 0 aliphatic rings. The standard InChI is InChI=1S/C10H12BrN/c1-3-10(12)9-5-4-8(11)6-7(9)2/h3-6,10H,1,12H2,2H3. The summed E-state index contributed by atoms with van der Waals surface area (Å²) in [4.78, 5) is 0. The lowest BCUT2D eigenvalue weighted by Crippen LogP contribution is -2.07. The Hall–Kier alpha value is -0.600. The molecule has 2 heteroatoms. The van der Waals surface area contributed by atoms with E-state index in [1.165, 1.54) is 5.56 Å². The first-order chi connectivity index (χ1) is 5.65. The molecular weight excluding hydrogens is 214 g/mol. The monoisotopic (exact) mass is 225 g/mol. The van der Waals surface area contributed by atoms with Crippen molar-refractivity contribution in [2.75, 3.05) is 0 Å². The van der Waals surface area contributed by atoms with Crippen molar-refractivity contribution in [2.45, 2.75) is 13.0 Å². The molecule has 12 heavy (non-hydrogen) atoms. The van der Waals surface area contributed by atoms with Crippen molar-refractivity contribution in [2.24, 2.45) is 5.73 Å². The van der Waals surface area contributed by atoms with Crippen LogP contribution in [-0.2, 0) is 0 Å². The van der Waals surface area contributed by atoms with E-state index in [4.69, 9.17) is 5.73 Å². The second-order valence-corrected chi connectivity index (χ2v) is 3.68. The Morgan fingerprint density at radius 1 is 1.58 bits per heavy atom. The number of benzene rings is 1. The molecule has 0 radical (unpaired) electrons. The topological polar surface area (TPSA) is 26.0 Å². The lowest BCUT2D eigenvalue weighted by molar-refractivity contribution is 0.902. The molecule has 0 saturated heterocycles. The Kier molecular flexibility index (Phi) is 3.06. The Morgan fingerprint density at radius 2 is 2.25 bits per heavy atom. The first kappa shape index (κ1) is 9.49. The summed E-state index contributed by atoms with van der Waals surface area (Å²) in [5.74, 6) is 0. The molecule has 1 aromatic carbocycles. The van der Waals surface area contributed by atoms with Gasteiger partial charge in [0, 0.05) is 10.5 Å². The van der Waals surface area contributed by atoms with Crippen molar-refractivity contribution in [1.82, 2.24) is 0 Å². The van der Waals surface area contributed by atoms with Crippen LogP contribution in [0.5, 0.6) is 0 Å². The summed E-state index contributed by atoms with van der Waals surface area (Å²) in [6.07, 6.45) is 1.75. The van der Waals surface area contributed by atoms with E-state index >= 15 is 0 Å². The highest BCUT2D eigenvalue weighted by atomic mass is 79.9. The fourth-order valence-corrected chi connectivity index (χ4v) is 1.62. The average Bonchev–Trinajstić information content (AvgIpc) is 2.03. The molecule has 1 nitrogen and oxygen atoms in total. The van der Waals surface area contributed by atoms with Gasteiger partial charge in [0.2, 0.25) is 0 Å². The molecule has 0 amide bonds. The molecule has 0 aromatic heterocycles. The zero-order chi connectivity index (χ0) is 9.14. The summed E-state index contributed by atoms with van der Waals surface area (Å²) in [5.41, 5.74) is 8.14. The van der Waals surface area contributed by atoms with Crippen molar-refractivity contribution in [3.63, 3.8) is 0 Å². The molecule has 1 atom stereocenters. The number of nitrogens with two attached hydrogens (primary N) is 1. The molecule has 0 spiro atoms. The maximum Gasteiger partial charge on any atom is 0.0481 e. The van der Waals surface area contributed by atoms with E-state index in [1.54, 1.807) is 6.08 Å². The minimum Gasteiger partial charge on any atom is -0.321 e. The van der Waals surface area contributed by atoms with E-state index in [1.807, 2.05) is 19.1 Å². The lowest BCUT2D eigenvalue weighted by Gasteiger charge is -2.10. The van der Waals surface area contributed by atoms with Gasteiger partial charge in [0.1, 0.15) is 0 Å². The van der Waals surface area contributed by atoms with Gasteiger partial charge in [0.25, 0.3) is 0 Å². The SMILES string of the molecule is C=CC(N)c1ccc(Br)cc1C. The van der Waals surface area contributed by atoms with Gasteiger partial charge < -0.3 is 5.73 Å². The second-order valence-electron chi connectivity index (χ2n) is 2.76. The Bertz CT molecular complexity index is 294. The lowest BCUT2D eigenvalue weighted by atomic mass is 10.0. The summed E-state index contributed by atoms with van der Waals surface area (Å²) in [7, 11) is 0. The third-order valence-corrected chi connectivity index (χ3v) is 2.34. The summed E-state index contributed by atoms with van der Waals surface area (Å²) in [5, 5.41) is 0. The summed E-state index contributed by atoms with van der Waals surface area (Å²) in [6, 6.07) is 6.01. The van der Waals surface area contributed by atoms with Gasteiger partial charge in [0.05, 0.1) is 0 Å². The van der Waals surface area contributed by atoms with Crippen molar-refractivity contribution < 1.29 is 0 Å². The van der Waals surface area contributed by atoms with Gasteiger partial charge in [-0.3, -0.25) is 0 Å². The Balaban J connectivity index is 3.09. The predicted molar refractivity (Wildman–Crippen MR) is 56.0 cm³/mol. The van der Waals surface area contributed by atoms with E-state index in [9.17, 15) is 0 Å². The van der Waals surface area contributed by atoms with Crippen molar-refractivity contribution in [1.29, 1.82) is 0 Å². The minimum absolute atomic E-state index is 0.0573. The molecule has 2 N–H and O–H groups in total. The smallest absolute Gasteiger partial charge is 0.0481 e. The van der Waals surface area contributed by atoms with Gasteiger partial charge in [-0.15, -0.1) is 6.58 Å². The van der Waals surface area contributed by atoms with Crippen LogP contribution in [-0.4, -0.2) is 0 Å². The normalized spacial score (nSPS) is 12.6. The molecule has 1 aromatic rings. The van der Waals surface area contributed by atoms with Gasteiger partial charge in [0.15, 0.2) is 0 Å². The van der Waals surface area contributed by atoms with Crippen LogP contribution < -0.4 is 5.73 Å². The molecule has 0 saturated carbocycles. The van der Waals surface area contributed by atoms with Crippen LogP contribution >= 0.6 is 15.9 Å². The fourth-order valence-electron chi connectivity index (χ4n) is 1.14. The average molecular weight is 226 g/mol. The predicted octanol–water partition coefficient (Wildman–Crippen LogP) is 2.94. The third-order valence-electron chi connectivity index (χ3n) is 1.84. The Morgan fingerprint density at radius 3 is 2.75 bits per heavy atom. The molecule has 0 aliphatic carbocycles. The molecule has 1 unspecified atom stereocenters. The number of hydrogen-bond acceptors (Lipinski definition) is 1.